The molecule has 1 rings (SSSR count). The van der Waals surface area contributed by atoms with Crippen LogP contribution in [0.15, 0.2) is 31.1 Å². The van der Waals surface area contributed by atoms with Crippen LogP contribution < -0.4 is 4.57 Å². The van der Waals surface area contributed by atoms with E-state index in [1.807, 2.05) is 6.08 Å². The molecule has 0 aliphatic heterocycles. The Morgan fingerprint density at radius 3 is 2.41 bits per heavy atom. The fourth-order valence-corrected chi connectivity index (χ4v) is 1.14. The zero-order chi connectivity index (χ0) is 13.3. The Morgan fingerprint density at radius 1 is 1.35 bits per heavy atom. The molecule has 0 bridgehead atoms. The molecule has 0 N–H and O–H groups in total. The van der Waals surface area contributed by atoms with Gasteiger partial charge in [0.15, 0.2) is 12.4 Å². The molecule has 96 valence electrons. The van der Waals surface area contributed by atoms with E-state index < -0.39 is 7.25 Å². The summed E-state index contributed by atoms with van der Waals surface area (Å²) in [5, 5.41) is 0. The first-order chi connectivity index (χ1) is 7.86. The molecule has 1 heterocycles. The van der Waals surface area contributed by atoms with Crippen LogP contribution in [-0.4, -0.2) is 7.25 Å². The van der Waals surface area contributed by atoms with Gasteiger partial charge in [0.25, 0.3) is 0 Å². The quantitative estimate of drug-likeness (QED) is 0.435. The molecule has 1 aromatic rings. The third-order valence-corrected chi connectivity index (χ3v) is 1.89. The van der Waals surface area contributed by atoms with E-state index in [9.17, 15) is 17.3 Å². The average molecular weight is 249 g/mol. The van der Waals surface area contributed by atoms with Gasteiger partial charge in [0, 0.05) is 18.1 Å². The van der Waals surface area contributed by atoms with Crippen molar-refractivity contribution >= 4 is 13.3 Å². The van der Waals surface area contributed by atoms with Crippen molar-refractivity contribution in [2.45, 2.75) is 26.3 Å². The first kappa shape index (κ1) is 15.7. The number of nitrogens with zero attached hydrogens (tertiary/aromatic N) is 1. The summed E-state index contributed by atoms with van der Waals surface area (Å²) in [5.41, 5.74) is 1.19. The monoisotopic (exact) mass is 249 g/mol. The standard InChI is InChI=1S/C11H16N.BF4/c1-3-5-8-12-9-6-7-11(4-2)10-12;2-1(3,4)5/h4,6-7,9-10H,2-3,5,8H2,1H3;/q+1;-1. The Labute approximate surface area is 98.9 Å². The lowest BCUT2D eigenvalue weighted by Crippen LogP contribution is -2.32. The van der Waals surface area contributed by atoms with Crippen molar-refractivity contribution in [3.63, 3.8) is 0 Å². The molecule has 0 spiro atoms. The molecule has 0 aliphatic carbocycles. The van der Waals surface area contributed by atoms with Gasteiger partial charge in [0.05, 0.1) is 0 Å². The van der Waals surface area contributed by atoms with Gasteiger partial charge < -0.3 is 17.3 Å². The van der Waals surface area contributed by atoms with E-state index in [1.54, 1.807) is 0 Å². The highest BCUT2D eigenvalue weighted by Crippen LogP contribution is 2.06. The van der Waals surface area contributed by atoms with E-state index in [0.717, 1.165) is 6.54 Å². The van der Waals surface area contributed by atoms with Crippen LogP contribution in [0.1, 0.15) is 25.3 Å². The summed E-state index contributed by atoms with van der Waals surface area (Å²) in [7, 11) is -6.00. The second kappa shape index (κ2) is 7.87. The van der Waals surface area contributed by atoms with E-state index in [-0.39, 0.29) is 0 Å². The van der Waals surface area contributed by atoms with Crippen molar-refractivity contribution in [3.05, 3.63) is 36.7 Å². The van der Waals surface area contributed by atoms with E-state index in [2.05, 4.69) is 42.6 Å². The van der Waals surface area contributed by atoms with E-state index in [0.29, 0.717) is 0 Å². The van der Waals surface area contributed by atoms with Crippen LogP contribution in [0.2, 0.25) is 0 Å². The van der Waals surface area contributed by atoms with Gasteiger partial charge in [0.2, 0.25) is 0 Å². The molecular weight excluding hydrogens is 233 g/mol. The molecule has 1 nitrogen and oxygen atoms in total. The number of aromatic nitrogens is 1. The second-order valence-electron chi connectivity index (χ2n) is 3.43. The first-order valence-corrected chi connectivity index (χ1v) is 5.35. The van der Waals surface area contributed by atoms with Gasteiger partial charge in [-0.2, -0.15) is 0 Å². The molecule has 0 aromatic carbocycles. The third-order valence-electron chi connectivity index (χ3n) is 1.89. The van der Waals surface area contributed by atoms with Crippen molar-refractivity contribution in [3.8, 4) is 0 Å². The first-order valence-electron chi connectivity index (χ1n) is 5.35. The summed E-state index contributed by atoms with van der Waals surface area (Å²) in [6.45, 7) is 7.05. The minimum Gasteiger partial charge on any atom is -0.418 e. The maximum atomic E-state index is 9.75. The summed E-state index contributed by atoms with van der Waals surface area (Å²) in [4.78, 5) is 0. The number of hydrogen-bond acceptors (Lipinski definition) is 0. The van der Waals surface area contributed by atoms with Crippen molar-refractivity contribution < 1.29 is 21.8 Å². The van der Waals surface area contributed by atoms with E-state index in [4.69, 9.17) is 0 Å². The van der Waals surface area contributed by atoms with Gasteiger partial charge in [-0.25, -0.2) is 4.57 Å². The minimum atomic E-state index is -6.00. The summed E-state index contributed by atoms with van der Waals surface area (Å²) in [6.07, 6.45) is 8.59. The Morgan fingerprint density at radius 2 is 1.94 bits per heavy atom. The molecule has 0 saturated carbocycles. The minimum absolute atomic E-state index is 1.11. The molecular formula is C11H16BF4N. The fourth-order valence-electron chi connectivity index (χ4n) is 1.14. The number of pyridine rings is 1. The number of unbranched alkanes of at least 4 members (excludes halogenated alkanes) is 1. The van der Waals surface area contributed by atoms with Crippen LogP contribution in [0.25, 0.3) is 6.08 Å². The second-order valence-corrected chi connectivity index (χ2v) is 3.43. The van der Waals surface area contributed by atoms with Gasteiger partial charge in [-0.1, -0.05) is 26.0 Å². The Bertz CT molecular complexity index is 332. The Kier molecular flexibility index (Phi) is 7.26. The molecule has 0 unspecified atom stereocenters. The SMILES string of the molecule is C=Cc1ccc[n+](CCCC)c1.F[B-](F)(F)F. The van der Waals surface area contributed by atoms with Crippen LogP contribution in [0.4, 0.5) is 17.3 Å². The number of rotatable bonds is 4. The average Bonchev–Trinajstić information content (AvgIpc) is 2.24. The zero-order valence-electron chi connectivity index (χ0n) is 9.75. The molecule has 17 heavy (non-hydrogen) atoms. The number of hydrogen-bond donors (Lipinski definition) is 0. The number of aryl methyl sites for hydroxylation is 1. The maximum Gasteiger partial charge on any atom is 0.673 e. The predicted octanol–water partition coefficient (Wildman–Crippen LogP) is 3.72. The molecule has 6 heteroatoms. The zero-order valence-corrected chi connectivity index (χ0v) is 9.75. The van der Waals surface area contributed by atoms with E-state index >= 15 is 0 Å². The summed E-state index contributed by atoms with van der Waals surface area (Å²) < 4.78 is 41.2. The van der Waals surface area contributed by atoms with Gasteiger partial charge in [0.1, 0.15) is 6.54 Å². The smallest absolute Gasteiger partial charge is 0.418 e. The van der Waals surface area contributed by atoms with Crippen LogP contribution in [0, 0.1) is 0 Å². The molecule has 1 aromatic heterocycles. The normalized spacial score (nSPS) is 10.4. The molecule has 0 saturated heterocycles. The van der Waals surface area contributed by atoms with Gasteiger partial charge >= 0.3 is 7.25 Å². The summed E-state index contributed by atoms with van der Waals surface area (Å²) in [5.74, 6) is 0. The highest BCUT2D eigenvalue weighted by atomic mass is 19.5. The molecule has 0 aliphatic rings. The molecule has 0 atom stereocenters. The third kappa shape index (κ3) is 10.9. The van der Waals surface area contributed by atoms with Crippen molar-refractivity contribution in [1.29, 1.82) is 0 Å². The van der Waals surface area contributed by atoms with Gasteiger partial charge in [-0.05, 0) is 6.07 Å². The van der Waals surface area contributed by atoms with Gasteiger partial charge in [-0.3, -0.25) is 0 Å². The molecule has 0 amide bonds. The predicted molar refractivity (Wildman–Crippen MR) is 61.8 cm³/mol. The van der Waals surface area contributed by atoms with E-state index in [1.165, 1.54) is 18.4 Å². The highest BCUT2D eigenvalue weighted by Gasteiger charge is 2.20. The fraction of sp³-hybridized carbons (Fsp3) is 0.364. The maximum absolute atomic E-state index is 9.75. The topological polar surface area (TPSA) is 3.88 Å². The van der Waals surface area contributed by atoms with Crippen LogP contribution in [0.5, 0.6) is 0 Å². The lowest BCUT2D eigenvalue weighted by molar-refractivity contribution is -0.697. The Balaban J connectivity index is 0.000000437. The van der Waals surface area contributed by atoms with Crippen molar-refractivity contribution in [2.24, 2.45) is 0 Å². The van der Waals surface area contributed by atoms with Crippen molar-refractivity contribution in [2.75, 3.05) is 0 Å². The van der Waals surface area contributed by atoms with Crippen molar-refractivity contribution in [1.82, 2.24) is 0 Å². The summed E-state index contributed by atoms with van der Waals surface area (Å²) in [6, 6.07) is 4.13. The molecule has 0 fully saturated rings. The lowest BCUT2D eigenvalue weighted by atomic mass is 10.2. The largest absolute Gasteiger partial charge is 0.673 e. The van der Waals surface area contributed by atoms with Gasteiger partial charge in [-0.15, -0.1) is 0 Å². The number of halogens is 4. The van der Waals surface area contributed by atoms with Crippen LogP contribution >= 0.6 is 0 Å². The lowest BCUT2D eigenvalue weighted by Gasteiger charge is -1.95. The highest BCUT2D eigenvalue weighted by molar-refractivity contribution is 6.50. The van der Waals surface area contributed by atoms with Crippen LogP contribution in [0.3, 0.4) is 0 Å². The summed E-state index contributed by atoms with van der Waals surface area (Å²) >= 11 is 0. The molecule has 0 radical (unpaired) electrons. The van der Waals surface area contributed by atoms with Crippen LogP contribution in [-0.2, 0) is 6.54 Å². The Hall–Kier alpha value is -1.33.